The molecule has 2 fully saturated rings. The van der Waals surface area contributed by atoms with Gasteiger partial charge in [-0.15, -0.1) is 0 Å². The first-order valence-corrected chi connectivity index (χ1v) is 9.12. The Labute approximate surface area is 130 Å². The molecule has 2 rings (SSSR count). The summed E-state index contributed by atoms with van der Waals surface area (Å²) >= 11 is 0. The standard InChI is InChI=1S/C17H34N4/c1-3-16(21-12-8-9-13-21)14-19-17(18-4-2)20-15-10-6-5-7-11-15/h15-16H,3-14H2,1-2H3,(H2,18,19,20). The van der Waals surface area contributed by atoms with E-state index in [-0.39, 0.29) is 0 Å². The number of hydrogen-bond donors (Lipinski definition) is 2. The Morgan fingerprint density at radius 1 is 1.10 bits per heavy atom. The highest BCUT2D eigenvalue weighted by atomic mass is 15.2. The van der Waals surface area contributed by atoms with E-state index in [1.807, 2.05) is 0 Å². The fourth-order valence-corrected chi connectivity index (χ4v) is 3.57. The van der Waals surface area contributed by atoms with Crippen LogP contribution in [0.3, 0.4) is 0 Å². The molecule has 0 amide bonds. The number of rotatable bonds is 6. The zero-order chi connectivity index (χ0) is 14.9. The summed E-state index contributed by atoms with van der Waals surface area (Å²) in [5.41, 5.74) is 0. The van der Waals surface area contributed by atoms with Gasteiger partial charge in [-0.2, -0.15) is 0 Å². The second kappa shape index (κ2) is 9.29. The molecule has 2 N–H and O–H groups in total. The molecule has 1 saturated carbocycles. The minimum Gasteiger partial charge on any atom is -0.357 e. The van der Waals surface area contributed by atoms with Crippen LogP contribution >= 0.6 is 0 Å². The van der Waals surface area contributed by atoms with Crippen LogP contribution in [0.4, 0.5) is 0 Å². The molecule has 4 nitrogen and oxygen atoms in total. The van der Waals surface area contributed by atoms with Gasteiger partial charge in [-0.05, 0) is 52.1 Å². The maximum absolute atomic E-state index is 4.88. The Bertz CT molecular complexity index is 304. The lowest BCUT2D eigenvalue weighted by Crippen LogP contribution is -2.45. The van der Waals surface area contributed by atoms with Gasteiger partial charge in [0.15, 0.2) is 5.96 Å². The Balaban J connectivity index is 1.85. The zero-order valence-corrected chi connectivity index (χ0v) is 14.0. The minimum absolute atomic E-state index is 0.620. The van der Waals surface area contributed by atoms with Gasteiger partial charge in [-0.1, -0.05) is 26.2 Å². The van der Waals surface area contributed by atoms with E-state index in [2.05, 4.69) is 29.4 Å². The maximum atomic E-state index is 4.88. The molecule has 0 aromatic heterocycles. The van der Waals surface area contributed by atoms with Gasteiger partial charge in [0.25, 0.3) is 0 Å². The van der Waals surface area contributed by atoms with Gasteiger partial charge in [0.2, 0.25) is 0 Å². The van der Waals surface area contributed by atoms with Crippen molar-refractivity contribution in [3.63, 3.8) is 0 Å². The van der Waals surface area contributed by atoms with Crippen molar-refractivity contribution < 1.29 is 0 Å². The van der Waals surface area contributed by atoms with Crippen molar-refractivity contribution in [2.75, 3.05) is 26.2 Å². The molecule has 122 valence electrons. The summed E-state index contributed by atoms with van der Waals surface area (Å²) < 4.78 is 0. The summed E-state index contributed by atoms with van der Waals surface area (Å²) in [4.78, 5) is 7.49. The molecule has 2 aliphatic rings. The lowest BCUT2D eigenvalue weighted by Gasteiger charge is -2.27. The average molecular weight is 294 g/mol. The van der Waals surface area contributed by atoms with Crippen molar-refractivity contribution in [2.45, 2.75) is 77.3 Å². The number of nitrogens with zero attached hydrogens (tertiary/aromatic N) is 2. The average Bonchev–Trinajstić information content (AvgIpc) is 3.03. The van der Waals surface area contributed by atoms with Crippen LogP contribution in [0.5, 0.6) is 0 Å². The molecule has 1 aliphatic heterocycles. The monoisotopic (exact) mass is 294 g/mol. The van der Waals surface area contributed by atoms with Crippen LogP contribution in [0.2, 0.25) is 0 Å². The molecule has 21 heavy (non-hydrogen) atoms. The SMILES string of the molecule is CCNC(=NCC(CC)N1CCCC1)NC1CCCCC1. The van der Waals surface area contributed by atoms with Crippen LogP contribution in [-0.4, -0.2) is 49.1 Å². The highest BCUT2D eigenvalue weighted by Gasteiger charge is 2.20. The molecule has 4 heteroatoms. The summed E-state index contributed by atoms with van der Waals surface area (Å²) in [6.07, 6.45) is 10.7. The molecule has 0 aromatic rings. The van der Waals surface area contributed by atoms with E-state index in [1.54, 1.807) is 0 Å². The van der Waals surface area contributed by atoms with Crippen LogP contribution in [0.25, 0.3) is 0 Å². The summed E-state index contributed by atoms with van der Waals surface area (Å²) in [6, 6.07) is 1.25. The first kappa shape index (κ1) is 16.6. The molecule has 1 aliphatic carbocycles. The molecule has 1 unspecified atom stereocenters. The van der Waals surface area contributed by atoms with Gasteiger partial charge in [0.05, 0.1) is 6.54 Å². The van der Waals surface area contributed by atoms with Crippen LogP contribution in [-0.2, 0) is 0 Å². The van der Waals surface area contributed by atoms with E-state index < -0.39 is 0 Å². The van der Waals surface area contributed by atoms with Crippen molar-refractivity contribution in [1.82, 2.24) is 15.5 Å². The van der Waals surface area contributed by atoms with Gasteiger partial charge in [0.1, 0.15) is 0 Å². The maximum Gasteiger partial charge on any atom is 0.191 e. The molecule has 0 aromatic carbocycles. The Morgan fingerprint density at radius 3 is 2.43 bits per heavy atom. The van der Waals surface area contributed by atoms with Crippen LogP contribution in [0.15, 0.2) is 4.99 Å². The molecule has 1 saturated heterocycles. The molecule has 0 spiro atoms. The lowest BCUT2D eigenvalue weighted by atomic mass is 9.96. The zero-order valence-electron chi connectivity index (χ0n) is 14.0. The normalized spacial score (nSPS) is 23.2. The van der Waals surface area contributed by atoms with Gasteiger partial charge >= 0.3 is 0 Å². The van der Waals surface area contributed by atoms with Crippen molar-refractivity contribution in [1.29, 1.82) is 0 Å². The van der Waals surface area contributed by atoms with Crippen LogP contribution in [0, 0.1) is 0 Å². The second-order valence-corrected chi connectivity index (χ2v) is 6.50. The summed E-state index contributed by atoms with van der Waals surface area (Å²) in [5.74, 6) is 1.03. The van der Waals surface area contributed by atoms with Crippen molar-refractivity contribution in [3.05, 3.63) is 0 Å². The van der Waals surface area contributed by atoms with Gasteiger partial charge < -0.3 is 10.6 Å². The van der Waals surface area contributed by atoms with E-state index in [0.717, 1.165) is 19.0 Å². The topological polar surface area (TPSA) is 39.7 Å². The van der Waals surface area contributed by atoms with Gasteiger partial charge in [0, 0.05) is 18.6 Å². The van der Waals surface area contributed by atoms with Crippen LogP contribution < -0.4 is 10.6 Å². The molecular weight excluding hydrogens is 260 g/mol. The highest BCUT2D eigenvalue weighted by molar-refractivity contribution is 5.80. The third-order valence-corrected chi connectivity index (χ3v) is 4.88. The van der Waals surface area contributed by atoms with Crippen molar-refractivity contribution in [2.24, 2.45) is 4.99 Å². The number of likely N-dealkylation sites (tertiary alicyclic amines) is 1. The number of hydrogen-bond acceptors (Lipinski definition) is 2. The molecule has 0 radical (unpaired) electrons. The molecule has 1 heterocycles. The van der Waals surface area contributed by atoms with E-state index in [4.69, 9.17) is 4.99 Å². The van der Waals surface area contributed by atoms with Gasteiger partial charge in [-0.3, -0.25) is 9.89 Å². The number of nitrogens with one attached hydrogen (secondary N) is 2. The second-order valence-electron chi connectivity index (χ2n) is 6.50. The molecule has 0 bridgehead atoms. The summed E-state index contributed by atoms with van der Waals surface area (Å²) in [6.45, 7) is 8.84. The number of aliphatic imine (C=N–C) groups is 1. The smallest absolute Gasteiger partial charge is 0.191 e. The fourth-order valence-electron chi connectivity index (χ4n) is 3.57. The molecule has 1 atom stereocenters. The Kier molecular flexibility index (Phi) is 7.34. The quantitative estimate of drug-likeness (QED) is 0.584. The minimum atomic E-state index is 0.620. The van der Waals surface area contributed by atoms with Crippen LogP contribution in [0.1, 0.15) is 65.2 Å². The van der Waals surface area contributed by atoms with E-state index in [0.29, 0.717) is 12.1 Å². The predicted molar refractivity (Wildman–Crippen MR) is 90.9 cm³/mol. The van der Waals surface area contributed by atoms with E-state index in [9.17, 15) is 0 Å². The van der Waals surface area contributed by atoms with Crippen molar-refractivity contribution >= 4 is 5.96 Å². The Morgan fingerprint density at radius 2 is 1.81 bits per heavy atom. The largest absolute Gasteiger partial charge is 0.357 e. The summed E-state index contributed by atoms with van der Waals surface area (Å²) in [5, 5.41) is 7.07. The predicted octanol–water partition coefficient (Wildman–Crippen LogP) is 2.75. The first-order chi connectivity index (χ1) is 10.3. The van der Waals surface area contributed by atoms with Gasteiger partial charge in [-0.25, -0.2) is 0 Å². The fraction of sp³-hybridized carbons (Fsp3) is 0.941. The van der Waals surface area contributed by atoms with E-state index >= 15 is 0 Å². The summed E-state index contributed by atoms with van der Waals surface area (Å²) in [7, 11) is 0. The highest BCUT2D eigenvalue weighted by Crippen LogP contribution is 2.17. The lowest BCUT2D eigenvalue weighted by molar-refractivity contribution is 0.242. The Hall–Kier alpha value is -0.770. The van der Waals surface area contributed by atoms with Crippen molar-refractivity contribution in [3.8, 4) is 0 Å². The third-order valence-electron chi connectivity index (χ3n) is 4.88. The molecular formula is C17H34N4. The number of guanidine groups is 1. The third kappa shape index (κ3) is 5.50. The van der Waals surface area contributed by atoms with E-state index in [1.165, 1.54) is 64.5 Å². The first-order valence-electron chi connectivity index (χ1n) is 9.12.